The molecule has 2 N–H and O–H groups in total. The van der Waals surface area contributed by atoms with Crippen LogP contribution < -0.4 is 10.6 Å². The van der Waals surface area contributed by atoms with Gasteiger partial charge in [-0.3, -0.25) is 0 Å². The van der Waals surface area contributed by atoms with Crippen molar-refractivity contribution in [2.45, 2.75) is 27.2 Å². The van der Waals surface area contributed by atoms with Crippen LogP contribution in [0.3, 0.4) is 0 Å². The number of rotatable bonds is 6. The van der Waals surface area contributed by atoms with E-state index in [1.807, 2.05) is 18.2 Å². The van der Waals surface area contributed by atoms with Gasteiger partial charge in [0.05, 0.1) is 17.3 Å². The van der Waals surface area contributed by atoms with Gasteiger partial charge in [-0.1, -0.05) is 20.8 Å². The van der Waals surface area contributed by atoms with Crippen molar-refractivity contribution in [1.29, 1.82) is 5.26 Å². The number of benzene rings is 1. The number of anilines is 1. The fourth-order valence-electron chi connectivity index (χ4n) is 1.97. The number of hydrogen-bond acceptors (Lipinski definition) is 3. The lowest BCUT2D eigenvalue weighted by Gasteiger charge is -2.34. The molecular formula is C15H22BrN3. The van der Waals surface area contributed by atoms with Gasteiger partial charge in [0, 0.05) is 17.6 Å². The van der Waals surface area contributed by atoms with Crippen LogP contribution in [0, 0.1) is 16.7 Å². The average molecular weight is 324 g/mol. The molecule has 0 saturated carbocycles. The minimum Gasteiger partial charge on any atom is -0.370 e. The Bertz CT molecular complexity index is 463. The first-order chi connectivity index (χ1) is 8.93. The summed E-state index contributed by atoms with van der Waals surface area (Å²) in [7, 11) is 0. The Labute approximate surface area is 124 Å². The summed E-state index contributed by atoms with van der Waals surface area (Å²) in [5.41, 5.74) is 7.70. The van der Waals surface area contributed by atoms with Crippen LogP contribution in [-0.2, 0) is 0 Å². The van der Waals surface area contributed by atoms with Crippen LogP contribution in [0.25, 0.3) is 0 Å². The SMILES string of the molecule is CCCN(CC(C)(C)CN)c1ccc(C#N)cc1Br. The molecular weight excluding hydrogens is 302 g/mol. The molecule has 0 aromatic heterocycles. The summed E-state index contributed by atoms with van der Waals surface area (Å²) in [5, 5.41) is 8.92. The molecule has 0 heterocycles. The average Bonchev–Trinajstić information content (AvgIpc) is 2.38. The van der Waals surface area contributed by atoms with Gasteiger partial charge in [-0.2, -0.15) is 5.26 Å². The first-order valence-corrected chi connectivity index (χ1v) is 7.37. The first kappa shape index (κ1) is 16.0. The molecule has 1 rings (SSSR count). The molecule has 0 aliphatic carbocycles. The molecule has 0 aliphatic rings. The maximum atomic E-state index is 8.92. The second-order valence-corrected chi connectivity index (χ2v) is 6.42. The van der Waals surface area contributed by atoms with E-state index in [-0.39, 0.29) is 5.41 Å². The van der Waals surface area contributed by atoms with Crippen molar-refractivity contribution >= 4 is 21.6 Å². The Morgan fingerprint density at radius 3 is 2.58 bits per heavy atom. The van der Waals surface area contributed by atoms with Gasteiger partial charge in [0.2, 0.25) is 0 Å². The fraction of sp³-hybridized carbons (Fsp3) is 0.533. The molecule has 0 saturated heterocycles. The molecule has 1 aromatic rings. The van der Waals surface area contributed by atoms with E-state index in [1.165, 1.54) is 0 Å². The van der Waals surface area contributed by atoms with E-state index in [9.17, 15) is 0 Å². The van der Waals surface area contributed by atoms with Gasteiger partial charge in [-0.15, -0.1) is 0 Å². The van der Waals surface area contributed by atoms with E-state index >= 15 is 0 Å². The Kier molecular flexibility index (Phi) is 5.84. The largest absolute Gasteiger partial charge is 0.370 e. The van der Waals surface area contributed by atoms with Crippen molar-refractivity contribution in [3.05, 3.63) is 28.2 Å². The Hall–Kier alpha value is -1.05. The highest BCUT2D eigenvalue weighted by atomic mass is 79.9. The third kappa shape index (κ3) is 4.52. The predicted octanol–water partition coefficient (Wildman–Crippen LogP) is 3.52. The highest BCUT2D eigenvalue weighted by Crippen LogP contribution is 2.30. The summed E-state index contributed by atoms with van der Waals surface area (Å²) in [6.07, 6.45) is 1.08. The molecule has 0 atom stereocenters. The summed E-state index contributed by atoms with van der Waals surface area (Å²) in [6, 6.07) is 7.89. The van der Waals surface area contributed by atoms with Crippen LogP contribution in [-0.4, -0.2) is 19.6 Å². The van der Waals surface area contributed by atoms with Gasteiger partial charge < -0.3 is 10.6 Å². The normalized spacial score (nSPS) is 11.2. The highest BCUT2D eigenvalue weighted by molar-refractivity contribution is 9.10. The van der Waals surface area contributed by atoms with Crippen molar-refractivity contribution < 1.29 is 0 Å². The zero-order valence-electron chi connectivity index (χ0n) is 11.9. The first-order valence-electron chi connectivity index (χ1n) is 6.58. The van der Waals surface area contributed by atoms with Crippen LogP contribution >= 0.6 is 15.9 Å². The highest BCUT2D eigenvalue weighted by Gasteiger charge is 2.21. The maximum Gasteiger partial charge on any atom is 0.0992 e. The summed E-state index contributed by atoms with van der Waals surface area (Å²) < 4.78 is 0.966. The van der Waals surface area contributed by atoms with E-state index in [4.69, 9.17) is 11.0 Å². The molecule has 0 fully saturated rings. The second-order valence-electron chi connectivity index (χ2n) is 5.57. The van der Waals surface area contributed by atoms with Crippen molar-refractivity contribution in [3.8, 4) is 6.07 Å². The van der Waals surface area contributed by atoms with E-state index in [2.05, 4.69) is 47.7 Å². The van der Waals surface area contributed by atoms with Crippen molar-refractivity contribution in [3.63, 3.8) is 0 Å². The Morgan fingerprint density at radius 1 is 1.42 bits per heavy atom. The molecule has 19 heavy (non-hydrogen) atoms. The van der Waals surface area contributed by atoms with Gasteiger partial charge in [-0.05, 0) is 52.5 Å². The van der Waals surface area contributed by atoms with E-state index < -0.39 is 0 Å². The van der Waals surface area contributed by atoms with Crippen LogP contribution in [0.4, 0.5) is 5.69 Å². The molecule has 0 unspecified atom stereocenters. The molecule has 0 radical (unpaired) electrons. The van der Waals surface area contributed by atoms with Crippen molar-refractivity contribution in [2.24, 2.45) is 11.1 Å². The van der Waals surface area contributed by atoms with E-state index in [0.717, 1.165) is 29.7 Å². The Morgan fingerprint density at radius 2 is 2.11 bits per heavy atom. The van der Waals surface area contributed by atoms with Gasteiger partial charge >= 0.3 is 0 Å². The fourth-order valence-corrected chi connectivity index (χ4v) is 2.60. The molecule has 0 bridgehead atoms. The second kappa shape index (κ2) is 6.93. The molecule has 3 nitrogen and oxygen atoms in total. The molecule has 0 aliphatic heterocycles. The van der Waals surface area contributed by atoms with E-state index in [1.54, 1.807) is 0 Å². The molecule has 0 spiro atoms. The van der Waals surface area contributed by atoms with Gasteiger partial charge in [0.25, 0.3) is 0 Å². The van der Waals surface area contributed by atoms with Crippen LogP contribution in [0.2, 0.25) is 0 Å². The number of nitrogens with two attached hydrogens (primary N) is 1. The zero-order chi connectivity index (χ0) is 14.5. The zero-order valence-corrected chi connectivity index (χ0v) is 13.5. The third-order valence-corrected chi connectivity index (χ3v) is 3.72. The molecule has 4 heteroatoms. The number of nitriles is 1. The van der Waals surface area contributed by atoms with Gasteiger partial charge in [0.15, 0.2) is 0 Å². The topological polar surface area (TPSA) is 53.0 Å². The number of halogens is 1. The van der Waals surface area contributed by atoms with Gasteiger partial charge in [-0.25, -0.2) is 0 Å². The number of hydrogen-bond donors (Lipinski definition) is 1. The van der Waals surface area contributed by atoms with Crippen LogP contribution in [0.1, 0.15) is 32.8 Å². The van der Waals surface area contributed by atoms with Crippen LogP contribution in [0.5, 0.6) is 0 Å². The lowest BCUT2D eigenvalue weighted by Crippen LogP contribution is -2.39. The summed E-state index contributed by atoms with van der Waals surface area (Å²) in [6.45, 7) is 9.05. The minimum absolute atomic E-state index is 0.0719. The number of nitrogens with zero attached hydrogens (tertiary/aromatic N) is 2. The monoisotopic (exact) mass is 323 g/mol. The van der Waals surface area contributed by atoms with Crippen LogP contribution in [0.15, 0.2) is 22.7 Å². The third-order valence-electron chi connectivity index (χ3n) is 3.08. The molecule has 104 valence electrons. The van der Waals surface area contributed by atoms with Crippen molar-refractivity contribution in [1.82, 2.24) is 0 Å². The quantitative estimate of drug-likeness (QED) is 0.871. The predicted molar refractivity (Wildman–Crippen MR) is 84.2 cm³/mol. The standard InChI is InChI=1S/C15H22BrN3/c1-4-7-19(11-15(2,3)10-18)14-6-5-12(9-17)8-13(14)16/h5-6,8H,4,7,10-11,18H2,1-3H3. The molecule has 1 aromatic carbocycles. The summed E-state index contributed by atoms with van der Waals surface area (Å²) in [4.78, 5) is 2.33. The smallest absolute Gasteiger partial charge is 0.0992 e. The van der Waals surface area contributed by atoms with Gasteiger partial charge in [0.1, 0.15) is 0 Å². The lowest BCUT2D eigenvalue weighted by atomic mass is 9.92. The lowest BCUT2D eigenvalue weighted by molar-refractivity contribution is 0.377. The molecule has 0 amide bonds. The Balaban J connectivity index is 3.03. The van der Waals surface area contributed by atoms with Crippen molar-refractivity contribution in [2.75, 3.05) is 24.5 Å². The summed E-state index contributed by atoms with van der Waals surface area (Å²) >= 11 is 3.56. The minimum atomic E-state index is 0.0719. The summed E-state index contributed by atoms with van der Waals surface area (Å²) in [5.74, 6) is 0. The van der Waals surface area contributed by atoms with E-state index in [0.29, 0.717) is 12.1 Å². The maximum absolute atomic E-state index is 8.92.